The number of aryl methyl sites for hydroxylation is 1. The lowest BCUT2D eigenvalue weighted by Gasteiger charge is -2.19. The van der Waals surface area contributed by atoms with Crippen LogP contribution in [0, 0.1) is 6.92 Å². The third kappa shape index (κ3) is 4.62. The molecule has 0 saturated carbocycles. The molecule has 0 aliphatic carbocycles. The SMILES string of the molecule is COc1ccc(C)cc1CN(C)C(=O)CCC(=O)O. The molecule has 1 aromatic rings. The van der Waals surface area contributed by atoms with E-state index in [0.717, 1.165) is 16.9 Å². The predicted molar refractivity (Wildman–Crippen MR) is 71.1 cm³/mol. The monoisotopic (exact) mass is 265 g/mol. The zero-order valence-corrected chi connectivity index (χ0v) is 11.5. The van der Waals surface area contributed by atoms with Crippen molar-refractivity contribution in [1.82, 2.24) is 4.90 Å². The van der Waals surface area contributed by atoms with Gasteiger partial charge in [0.15, 0.2) is 0 Å². The minimum Gasteiger partial charge on any atom is -0.496 e. The predicted octanol–water partition coefficient (Wildman–Crippen LogP) is 1.83. The Bertz CT molecular complexity index is 471. The van der Waals surface area contributed by atoms with Crippen molar-refractivity contribution in [3.8, 4) is 5.75 Å². The summed E-state index contributed by atoms with van der Waals surface area (Å²) in [5.74, 6) is -0.427. The summed E-state index contributed by atoms with van der Waals surface area (Å²) in [6.07, 6.45) is -0.131. The molecule has 0 heterocycles. The van der Waals surface area contributed by atoms with Crippen molar-refractivity contribution in [2.75, 3.05) is 14.2 Å². The summed E-state index contributed by atoms with van der Waals surface area (Å²) in [6.45, 7) is 2.37. The van der Waals surface area contributed by atoms with Gasteiger partial charge in [-0.15, -0.1) is 0 Å². The Hall–Kier alpha value is -2.04. The van der Waals surface area contributed by atoms with Crippen molar-refractivity contribution in [2.45, 2.75) is 26.3 Å². The topological polar surface area (TPSA) is 66.8 Å². The van der Waals surface area contributed by atoms with Gasteiger partial charge >= 0.3 is 5.97 Å². The van der Waals surface area contributed by atoms with E-state index < -0.39 is 5.97 Å². The van der Waals surface area contributed by atoms with Crippen LogP contribution in [-0.2, 0) is 16.1 Å². The molecule has 1 N–H and O–H groups in total. The molecule has 0 fully saturated rings. The van der Waals surface area contributed by atoms with Crippen molar-refractivity contribution < 1.29 is 19.4 Å². The van der Waals surface area contributed by atoms with E-state index >= 15 is 0 Å². The summed E-state index contributed by atoms with van der Waals surface area (Å²) in [6, 6.07) is 5.76. The van der Waals surface area contributed by atoms with E-state index in [0.29, 0.717) is 6.54 Å². The third-order valence-electron chi connectivity index (χ3n) is 2.82. The number of ether oxygens (including phenoxy) is 1. The second-order valence-electron chi connectivity index (χ2n) is 4.46. The number of carboxylic acid groups (broad SMARTS) is 1. The normalized spacial score (nSPS) is 10.1. The maximum atomic E-state index is 11.8. The van der Waals surface area contributed by atoms with E-state index in [4.69, 9.17) is 9.84 Å². The van der Waals surface area contributed by atoms with Gasteiger partial charge in [0.1, 0.15) is 5.75 Å². The number of carbonyl (C=O) groups is 2. The summed E-state index contributed by atoms with van der Waals surface area (Å²) in [5.41, 5.74) is 2.00. The number of carboxylic acids is 1. The molecule has 0 unspecified atom stereocenters. The average molecular weight is 265 g/mol. The number of hydrogen-bond acceptors (Lipinski definition) is 3. The molecule has 0 atom stereocenters. The van der Waals surface area contributed by atoms with Gasteiger partial charge in [-0.1, -0.05) is 17.7 Å². The van der Waals surface area contributed by atoms with Crippen molar-refractivity contribution >= 4 is 11.9 Å². The highest BCUT2D eigenvalue weighted by molar-refractivity contribution is 5.80. The highest BCUT2D eigenvalue weighted by atomic mass is 16.5. The van der Waals surface area contributed by atoms with Crippen LogP contribution in [0.25, 0.3) is 0 Å². The maximum Gasteiger partial charge on any atom is 0.303 e. The molecule has 0 radical (unpaired) electrons. The molecular formula is C14H19NO4. The van der Waals surface area contributed by atoms with Crippen LogP contribution in [-0.4, -0.2) is 36.0 Å². The summed E-state index contributed by atoms with van der Waals surface area (Å²) < 4.78 is 5.25. The van der Waals surface area contributed by atoms with E-state index in [1.54, 1.807) is 14.2 Å². The van der Waals surface area contributed by atoms with Crippen molar-refractivity contribution in [3.63, 3.8) is 0 Å². The first-order valence-corrected chi connectivity index (χ1v) is 6.03. The Balaban J connectivity index is 2.70. The first-order chi connectivity index (χ1) is 8.93. The van der Waals surface area contributed by atoms with Gasteiger partial charge in [-0.3, -0.25) is 9.59 Å². The van der Waals surface area contributed by atoms with Crippen LogP contribution in [0.2, 0.25) is 0 Å². The van der Waals surface area contributed by atoms with Gasteiger partial charge in [-0.2, -0.15) is 0 Å². The molecule has 0 bridgehead atoms. The fraction of sp³-hybridized carbons (Fsp3) is 0.429. The standard InChI is InChI=1S/C14H19NO4/c1-10-4-5-12(19-3)11(8-10)9-15(2)13(16)6-7-14(17)18/h4-5,8H,6-7,9H2,1-3H3,(H,17,18). The van der Waals surface area contributed by atoms with Gasteiger partial charge < -0.3 is 14.7 Å². The molecule has 0 saturated heterocycles. The van der Waals surface area contributed by atoms with E-state index in [-0.39, 0.29) is 18.7 Å². The first kappa shape index (κ1) is 15.0. The van der Waals surface area contributed by atoms with Crippen molar-refractivity contribution in [1.29, 1.82) is 0 Å². The Labute approximate surface area is 112 Å². The number of nitrogens with zero attached hydrogens (tertiary/aromatic N) is 1. The summed E-state index contributed by atoms with van der Waals surface area (Å²) in [7, 11) is 3.24. The molecule has 0 aliphatic rings. The summed E-state index contributed by atoms with van der Waals surface area (Å²) in [4.78, 5) is 23.7. The van der Waals surface area contributed by atoms with Crippen LogP contribution in [0.15, 0.2) is 18.2 Å². The fourth-order valence-corrected chi connectivity index (χ4v) is 1.78. The smallest absolute Gasteiger partial charge is 0.303 e. The van der Waals surface area contributed by atoms with E-state index in [1.165, 1.54) is 4.90 Å². The number of rotatable bonds is 6. The van der Waals surface area contributed by atoms with Gasteiger partial charge in [0.25, 0.3) is 0 Å². The molecule has 1 aromatic carbocycles. The third-order valence-corrected chi connectivity index (χ3v) is 2.82. The highest BCUT2D eigenvalue weighted by Gasteiger charge is 2.13. The number of methoxy groups -OCH3 is 1. The highest BCUT2D eigenvalue weighted by Crippen LogP contribution is 2.21. The van der Waals surface area contributed by atoms with Crippen molar-refractivity contribution in [3.05, 3.63) is 29.3 Å². The van der Waals surface area contributed by atoms with E-state index in [1.807, 2.05) is 25.1 Å². The second-order valence-corrected chi connectivity index (χ2v) is 4.46. The zero-order chi connectivity index (χ0) is 14.4. The van der Waals surface area contributed by atoms with Crippen LogP contribution in [0.1, 0.15) is 24.0 Å². The molecule has 0 aliphatic heterocycles. The number of amides is 1. The molecule has 104 valence electrons. The second kappa shape index (κ2) is 6.78. The lowest BCUT2D eigenvalue weighted by atomic mass is 10.1. The lowest BCUT2D eigenvalue weighted by molar-refractivity contribution is -0.140. The van der Waals surface area contributed by atoms with Gasteiger partial charge in [0.2, 0.25) is 5.91 Å². The van der Waals surface area contributed by atoms with Crippen LogP contribution in [0.5, 0.6) is 5.75 Å². The fourth-order valence-electron chi connectivity index (χ4n) is 1.78. The molecule has 19 heavy (non-hydrogen) atoms. The van der Waals surface area contributed by atoms with Crippen molar-refractivity contribution in [2.24, 2.45) is 0 Å². The van der Waals surface area contributed by atoms with Gasteiger partial charge in [0, 0.05) is 25.6 Å². The number of aliphatic carboxylic acids is 1. The van der Waals surface area contributed by atoms with Gasteiger partial charge in [-0.05, 0) is 13.0 Å². The number of carbonyl (C=O) groups excluding carboxylic acids is 1. The lowest BCUT2D eigenvalue weighted by Crippen LogP contribution is -2.26. The quantitative estimate of drug-likeness (QED) is 0.852. The molecular weight excluding hydrogens is 246 g/mol. The Kier molecular flexibility index (Phi) is 5.36. The Morgan fingerprint density at radius 2 is 2.00 bits per heavy atom. The zero-order valence-electron chi connectivity index (χ0n) is 11.5. The molecule has 1 amide bonds. The summed E-state index contributed by atoms with van der Waals surface area (Å²) in [5, 5.41) is 8.56. The average Bonchev–Trinajstić information content (AvgIpc) is 2.36. The maximum absolute atomic E-state index is 11.8. The number of hydrogen-bond donors (Lipinski definition) is 1. The minimum atomic E-state index is -0.963. The van der Waals surface area contributed by atoms with Crippen LogP contribution >= 0.6 is 0 Å². The van der Waals surface area contributed by atoms with Crippen LogP contribution in [0.3, 0.4) is 0 Å². The van der Waals surface area contributed by atoms with Gasteiger partial charge in [0.05, 0.1) is 13.5 Å². The van der Waals surface area contributed by atoms with Crippen LogP contribution in [0.4, 0.5) is 0 Å². The first-order valence-electron chi connectivity index (χ1n) is 6.03. The minimum absolute atomic E-state index is 0.0139. The Morgan fingerprint density at radius 3 is 2.58 bits per heavy atom. The molecule has 5 heteroatoms. The number of benzene rings is 1. The van der Waals surface area contributed by atoms with E-state index in [9.17, 15) is 9.59 Å². The molecule has 0 spiro atoms. The molecule has 0 aromatic heterocycles. The molecule has 1 rings (SSSR count). The molecule has 5 nitrogen and oxygen atoms in total. The van der Waals surface area contributed by atoms with Gasteiger partial charge in [-0.25, -0.2) is 0 Å². The van der Waals surface area contributed by atoms with E-state index in [2.05, 4.69) is 0 Å². The van der Waals surface area contributed by atoms with Crippen LogP contribution < -0.4 is 4.74 Å². The Morgan fingerprint density at radius 1 is 1.32 bits per heavy atom. The largest absolute Gasteiger partial charge is 0.496 e. The summed E-state index contributed by atoms with van der Waals surface area (Å²) >= 11 is 0.